The molecule has 0 saturated heterocycles. The molecule has 0 bridgehead atoms. The van der Waals surface area contributed by atoms with Crippen molar-refractivity contribution in [2.45, 2.75) is 0 Å². The minimum Gasteiger partial charge on any atom is -0.273 e. The highest BCUT2D eigenvalue weighted by Crippen LogP contribution is 2.24. The van der Waals surface area contributed by atoms with E-state index >= 15 is 0 Å². The number of nitrogens with zero attached hydrogens (tertiary/aromatic N) is 2. The van der Waals surface area contributed by atoms with Crippen LogP contribution in [0, 0.1) is 20.2 Å². The highest BCUT2D eigenvalue weighted by molar-refractivity contribution is 8.09. The van der Waals surface area contributed by atoms with Crippen LogP contribution in [0.5, 0.6) is 0 Å². The number of benzene rings is 1. The van der Waals surface area contributed by atoms with Gasteiger partial charge in [0.2, 0.25) is 0 Å². The molecule has 1 aromatic rings. The summed E-state index contributed by atoms with van der Waals surface area (Å²) in [5.41, 5.74) is -0.968. The van der Waals surface area contributed by atoms with Crippen molar-refractivity contribution in [2.24, 2.45) is 0 Å². The lowest BCUT2D eigenvalue weighted by molar-refractivity contribution is -0.422. The van der Waals surface area contributed by atoms with Crippen LogP contribution in [0.3, 0.4) is 0 Å². The van der Waals surface area contributed by atoms with Crippen LogP contribution in [0.25, 0.3) is 0 Å². The Labute approximate surface area is 99.2 Å². The Bertz CT molecular complexity index is 488. The van der Waals surface area contributed by atoms with E-state index in [2.05, 4.69) is 10.7 Å². The molecule has 0 saturated carbocycles. The smallest absolute Gasteiger partial charge is 0.273 e. The molecule has 94 valence electrons. The van der Waals surface area contributed by atoms with Gasteiger partial charge in [-0.05, 0) is 0 Å². The number of nitro groups is 2. The van der Waals surface area contributed by atoms with E-state index in [-0.39, 0.29) is 0 Å². The highest BCUT2D eigenvalue weighted by Gasteiger charge is 2.21. The summed E-state index contributed by atoms with van der Waals surface area (Å²) in [6.07, 6.45) is 0. The molecule has 0 heterocycles. The van der Waals surface area contributed by atoms with E-state index in [0.29, 0.717) is 0 Å². The summed E-state index contributed by atoms with van der Waals surface area (Å²) in [6, 6.07) is 4.95. The average molecular weight is 285 g/mol. The average Bonchev–Trinajstić information content (AvgIpc) is 2.15. The number of nitro benzene ring substituents is 2. The molecule has 0 unspecified atom stereocenters. The van der Waals surface area contributed by atoms with Crippen molar-refractivity contribution in [1.82, 2.24) is 0 Å². The van der Waals surface area contributed by atoms with Gasteiger partial charge in [-0.2, -0.15) is 8.42 Å². The number of para-hydroxylation sites is 2. The van der Waals surface area contributed by atoms with Crippen LogP contribution in [0.4, 0.5) is 11.4 Å². The molecule has 0 aliphatic carbocycles. The molecule has 1 N–H and O–H groups in total. The SMILES string of the molecule is O=S(=O)(O)Cl.O=[N+]([O-])c1ccccc1[N+](=O)[O-]. The standard InChI is InChI=1S/C6H4N2O4.ClHO3S/c9-7(10)5-3-1-2-4-6(5)8(11)12;1-5(2,3)4/h1-4H;(H,2,3,4). The summed E-state index contributed by atoms with van der Waals surface area (Å²) in [4.78, 5) is 18.9. The topological polar surface area (TPSA) is 141 Å². The van der Waals surface area contributed by atoms with E-state index in [1.807, 2.05) is 0 Å². The van der Waals surface area contributed by atoms with Crippen LogP contribution < -0.4 is 0 Å². The lowest BCUT2D eigenvalue weighted by Gasteiger charge is -1.91. The summed E-state index contributed by atoms with van der Waals surface area (Å²) < 4.78 is 25.2. The summed E-state index contributed by atoms with van der Waals surface area (Å²) >= 11 is 0. The minimum absolute atomic E-state index is 0.484. The molecule has 17 heavy (non-hydrogen) atoms. The zero-order valence-electron chi connectivity index (χ0n) is 7.89. The first-order valence-corrected chi connectivity index (χ1v) is 5.94. The maximum atomic E-state index is 10.2. The molecule has 0 aromatic heterocycles. The Morgan fingerprint density at radius 2 is 1.29 bits per heavy atom. The van der Waals surface area contributed by atoms with Gasteiger partial charge in [-0.25, -0.2) is 0 Å². The van der Waals surface area contributed by atoms with Gasteiger partial charge >= 0.3 is 20.7 Å². The van der Waals surface area contributed by atoms with E-state index in [0.717, 1.165) is 12.1 Å². The molecule has 0 amide bonds. The quantitative estimate of drug-likeness (QED) is 0.375. The fraction of sp³-hybridized carbons (Fsp3) is 0. The largest absolute Gasteiger partial charge is 0.353 e. The van der Waals surface area contributed by atoms with Crippen molar-refractivity contribution in [2.75, 3.05) is 0 Å². The Hall–Kier alpha value is -1.78. The molecular formula is C6H5ClN2O7S. The molecule has 1 aromatic carbocycles. The Kier molecular flexibility index (Phi) is 5.44. The molecule has 0 aliphatic heterocycles. The van der Waals surface area contributed by atoms with Crippen LogP contribution >= 0.6 is 10.7 Å². The van der Waals surface area contributed by atoms with Crippen molar-refractivity contribution in [3.8, 4) is 0 Å². The second kappa shape index (κ2) is 6.08. The molecule has 0 atom stereocenters. The van der Waals surface area contributed by atoms with Gasteiger partial charge in [0.15, 0.2) is 0 Å². The molecule has 0 aliphatic rings. The zero-order chi connectivity index (χ0) is 13.6. The molecular weight excluding hydrogens is 280 g/mol. The van der Waals surface area contributed by atoms with E-state index in [1.54, 1.807) is 0 Å². The van der Waals surface area contributed by atoms with Crippen LogP contribution in [-0.2, 0) is 9.33 Å². The maximum absolute atomic E-state index is 10.2. The summed E-state index contributed by atoms with van der Waals surface area (Å²) in [5.74, 6) is 0. The van der Waals surface area contributed by atoms with E-state index < -0.39 is 30.6 Å². The normalized spacial score (nSPS) is 10.0. The summed E-state index contributed by atoms with van der Waals surface area (Å²) in [7, 11) is -0.137. The Balaban J connectivity index is 0.000000437. The van der Waals surface area contributed by atoms with Gasteiger partial charge in [-0.1, -0.05) is 12.1 Å². The van der Waals surface area contributed by atoms with Gasteiger partial charge in [0.1, 0.15) is 0 Å². The Morgan fingerprint density at radius 3 is 1.47 bits per heavy atom. The summed E-state index contributed by atoms with van der Waals surface area (Å²) in [6.45, 7) is 0. The highest BCUT2D eigenvalue weighted by atomic mass is 35.7. The van der Waals surface area contributed by atoms with E-state index in [9.17, 15) is 20.2 Å². The van der Waals surface area contributed by atoms with Gasteiger partial charge in [0.25, 0.3) is 0 Å². The molecule has 0 radical (unpaired) electrons. The van der Waals surface area contributed by atoms with Crippen LogP contribution in [-0.4, -0.2) is 22.8 Å². The van der Waals surface area contributed by atoms with Crippen molar-refractivity contribution >= 4 is 31.4 Å². The molecule has 11 heteroatoms. The lowest BCUT2D eigenvalue weighted by Crippen LogP contribution is -1.95. The zero-order valence-corrected chi connectivity index (χ0v) is 9.46. The second-order valence-corrected chi connectivity index (χ2v) is 4.41. The van der Waals surface area contributed by atoms with Crippen LogP contribution in [0.1, 0.15) is 0 Å². The van der Waals surface area contributed by atoms with Gasteiger partial charge in [-0.3, -0.25) is 24.8 Å². The number of hydrogen-bond donors (Lipinski definition) is 1. The number of rotatable bonds is 2. The van der Waals surface area contributed by atoms with Crippen molar-refractivity contribution in [3.05, 3.63) is 44.5 Å². The molecule has 0 fully saturated rings. The van der Waals surface area contributed by atoms with Gasteiger partial charge < -0.3 is 0 Å². The van der Waals surface area contributed by atoms with E-state index in [1.165, 1.54) is 12.1 Å². The van der Waals surface area contributed by atoms with Crippen molar-refractivity contribution in [3.63, 3.8) is 0 Å². The number of hydrogen-bond acceptors (Lipinski definition) is 6. The first-order valence-electron chi connectivity index (χ1n) is 3.68. The van der Waals surface area contributed by atoms with Crippen LogP contribution in [0.2, 0.25) is 0 Å². The minimum atomic E-state index is -4.19. The third-order valence-electron chi connectivity index (χ3n) is 1.28. The van der Waals surface area contributed by atoms with Crippen molar-refractivity contribution in [1.29, 1.82) is 0 Å². The maximum Gasteiger partial charge on any atom is 0.353 e. The Morgan fingerprint density at radius 1 is 1.06 bits per heavy atom. The fourth-order valence-electron chi connectivity index (χ4n) is 0.773. The monoisotopic (exact) mass is 284 g/mol. The predicted octanol–water partition coefficient (Wildman–Crippen LogP) is 1.53. The lowest BCUT2D eigenvalue weighted by atomic mass is 10.3. The van der Waals surface area contributed by atoms with Crippen LogP contribution in [0.15, 0.2) is 24.3 Å². The fourth-order valence-corrected chi connectivity index (χ4v) is 0.773. The molecule has 1 rings (SSSR count). The third-order valence-corrected chi connectivity index (χ3v) is 1.28. The van der Waals surface area contributed by atoms with Crippen molar-refractivity contribution < 1.29 is 22.8 Å². The molecule has 9 nitrogen and oxygen atoms in total. The first-order chi connectivity index (χ1) is 7.63. The number of halogens is 1. The van der Waals surface area contributed by atoms with Gasteiger partial charge in [0, 0.05) is 22.8 Å². The predicted molar refractivity (Wildman–Crippen MR) is 57.2 cm³/mol. The third kappa shape index (κ3) is 7.16. The molecule has 0 spiro atoms. The second-order valence-electron chi connectivity index (χ2n) is 2.42. The first kappa shape index (κ1) is 15.2. The van der Waals surface area contributed by atoms with Gasteiger partial charge in [0.05, 0.1) is 9.85 Å². The van der Waals surface area contributed by atoms with E-state index in [4.69, 9.17) is 13.0 Å². The summed E-state index contributed by atoms with van der Waals surface area (Å²) in [5, 5.41) is 20.5. The van der Waals surface area contributed by atoms with Gasteiger partial charge in [-0.15, -0.1) is 0 Å².